The molecule has 144 valence electrons. The number of hydrogen-bond donors (Lipinski definition) is 2. The van der Waals surface area contributed by atoms with E-state index in [1.165, 1.54) is 4.88 Å². The van der Waals surface area contributed by atoms with Crippen LogP contribution in [0.2, 0.25) is 0 Å². The fourth-order valence-electron chi connectivity index (χ4n) is 2.24. The average molecular weight is 371 g/mol. The number of rotatable bonds is 13. The molecular formula is C18H34N4O2S. The van der Waals surface area contributed by atoms with Gasteiger partial charge in [0.2, 0.25) is 0 Å². The first-order chi connectivity index (χ1) is 12.2. The van der Waals surface area contributed by atoms with E-state index < -0.39 is 0 Å². The molecule has 0 amide bonds. The summed E-state index contributed by atoms with van der Waals surface area (Å²) in [5.74, 6) is 0.797. The molecule has 0 saturated carbocycles. The Labute approximate surface area is 156 Å². The van der Waals surface area contributed by atoms with Crippen molar-refractivity contribution >= 4 is 17.3 Å². The van der Waals surface area contributed by atoms with Crippen LogP contribution in [0.5, 0.6) is 0 Å². The van der Waals surface area contributed by atoms with Gasteiger partial charge in [-0.2, -0.15) is 0 Å². The number of guanidine groups is 1. The van der Waals surface area contributed by atoms with Gasteiger partial charge in [0.15, 0.2) is 5.96 Å². The van der Waals surface area contributed by atoms with E-state index in [-0.39, 0.29) is 0 Å². The van der Waals surface area contributed by atoms with Crippen LogP contribution >= 0.6 is 11.3 Å². The van der Waals surface area contributed by atoms with E-state index in [2.05, 4.69) is 59.1 Å². The predicted octanol–water partition coefficient (Wildman–Crippen LogP) is 2.35. The number of nitrogens with zero attached hydrogens (tertiary/aromatic N) is 2. The molecule has 25 heavy (non-hydrogen) atoms. The molecule has 6 nitrogen and oxygen atoms in total. The Bertz CT molecular complexity index is 452. The summed E-state index contributed by atoms with van der Waals surface area (Å²) >= 11 is 1.78. The van der Waals surface area contributed by atoms with Crippen molar-refractivity contribution in [2.75, 3.05) is 60.7 Å². The Kier molecular flexibility index (Phi) is 12.3. The summed E-state index contributed by atoms with van der Waals surface area (Å²) in [6.07, 6.45) is 2.28. The number of aliphatic imine (C=N–C) groups is 1. The van der Waals surface area contributed by atoms with E-state index in [0.717, 1.165) is 38.5 Å². The minimum Gasteiger partial charge on any atom is -0.379 e. The van der Waals surface area contributed by atoms with E-state index in [0.29, 0.717) is 25.9 Å². The SMILES string of the molecule is CCCCOCCOCCNC(=NC)NCC(c1cccs1)N(C)C. The highest BCUT2D eigenvalue weighted by Gasteiger charge is 2.15. The maximum absolute atomic E-state index is 5.55. The van der Waals surface area contributed by atoms with Crippen molar-refractivity contribution in [1.29, 1.82) is 0 Å². The van der Waals surface area contributed by atoms with Crippen LogP contribution in [0.1, 0.15) is 30.7 Å². The largest absolute Gasteiger partial charge is 0.379 e. The van der Waals surface area contributed by atoms with Gasteiger partial charge in [0, 0.05) is 31.6 Å². The van der Waals surface area contributed by atoms with Crippen LogP contribution in [0.3, 0.4) is 0 Å². The van der Waals surface area contributed by atoms with Gasteiger partial charge in [0.1, 0.15) is 0 Å². The van der Waals surface area contributed by atoms with Gasteiger partial charge in [-0.15, -0.1) is 11.3 Å². The van der Waals surface area contributed by atoms with E-state index in [1.807, 2.05) is 0 Å². The highest BCUT2D eigenvalue weighted by atomic mass is 32.1. The van der Waals surface area contributed by atoms with Crippen LogP contribution in [0, 0.1) is 0 Å². The summed E-state index contributed by atoms with van der Waals surface area (Å²) in [7, 11) is 5.98. The second-order valence-electron chi connectivity index (χ2n) is 5.95. The van der Waals surface area contributed by atoms with Crippen LogP contribution in [-0.2, 0) is 9.47 Å². The molecule has 0 aromatic carbocycles. The molecule has 2 N–H and O–H groups in total. The van der Waals surface area contributed by atoms with Crippen molar-refractivity contribution in [2.24, 2.45) is 4.99 Å². The number of ether oxygens (including phenoxy) is 2. The van der Waals surface area contributed by atoms with Crippen LogP contribution in [-0.4, -0.2) is 71.5 Å². The molecule has 0 fully saturated rings. The predicted molar refractivity (Wildman–Crippen MR) is 107 cm³/mol. The molecule has 1 rings (SSSR count). The van der Waals surface area contributed by atoms with Crippen molar-refractivity contribution in [3.05, 3.63) is 22.4 Å². The summed E-state index contributed by atoms with van der Waals surface area (Å²) in [6, 6.07) is 4.59. The maximum Gasteiger partial charge on any atom is 0.191 e. The first-order valence-electron chi connectivity index (χ1n) is 8.98. The lowest BCUT2D eigenvalue weighted by Crippen LogP contribution is -2.42. The topological polar surface area (TPSA) is 58.1 Å². The second-order valence-corrected chi connectivity index (χ2v) is 6.93. The molecule has 0 spiro atoms. The van der Waals surface area contributed by atoms with E-state index >= 15 is 0 Å². The molecule has 1 unspecified atom stereocenters. The molecule has 7 heteroatoms. The Hall–Kier alpha value is -1.15. The van der Waals surface area contributed by atoms with E-state index in [9.17, 15) is 0 Å². The number of likely N-dealkylation sites (N-methyl/N-ethyl adjacent to an activating group) is 1. The monoisotopic (exact) mass is 370 g/mol. The second kappa shape index (κ2) is 14.1. The van der Waals surface area contributed by atoms with Gasteiger partial charge in [0.25, 0.3) is 0 Å². The number of hydrogen-bond acceptors (Lipinski definition) is 5. The van der Waals surface area contributed by atoms with Gasteiger partial charge < -0.3 is 25.0 Å². The Balaban J connectivity index is 2.15. The molecule has 0 aliphatic heterocycles. The third kappa shape index (κ3) is 9.79. The van der Waals surface area contributed by atoms with Gasteiger partial charge in [-0.25, -0.2) is 0 Å². The molecule has 0 aliphatic carbocycles. The first kappa shape index (κ1) is 21.9. The zero-order valence-corrected chi connectivity index (χ0v) is 16.9. The van der Waals surface area contributed by atoms with Gasteiger partial charge >= 0.3 is 0 Å². The van der Waals surface area contributed by atoms with Crippen LogP contribution in [0.15, 0.2) is 22.5 Å². The van der Waals surface area contributed by atoms with Gasteiger partial charge in [-0.3, -0.25) is 4.99 Å². The lowest BCUT2D eigenvalue weighted by Gasteiger charge is -2.24. The van der Waals surface area contributed by atoms with E-state index in [4.69, 9.17) is 9.47 Å². The molecule has 1 aromatic rings. The zero-order valence-electron chi connectivity index (χ0n) is 16.1. The van der Waals surface area contributed by atoms with Gasteiger partial charge in [-0.05, 0) is 32.0 Å². The average Bonchev–Trinajstić information content (AvgIpc) is 3.12. The molecule has 0 aliphatic rings. The normalized spacial score (nSPS) is 13.2. The summed E-state index contributed by atoms with van der Waals surface area (Å²) in [5.41, 5.74) is 0. The standard InChI is InChI=1S/C18H34N4O2S/c1-5-6-10-23-12-13-24-11-9-20-18(19-2)21-15-16(22(3)4)17-8-7-14-25-17/h7-8,14,16H,5-6,9-13,15H2,1-4H3,(H2,19,20,21). The van der Waals surface area contributed by atoms with Crippen molar-refractivity contribution in [1.82, 2.24) is 15.5 Å². The fraction of sp³-hybridized carbons (Fsp3) is 0.722. The van der Waals surface area contributed by atoms with Crippen LogP contribution in [0.25, 0.3) is 0 Å². The molecule has 1 atom stereocenters. The molecule has 0 radical (unpaired) electrons. The smallest absolute Gasteiger partial charge is 0.191 e. The van der Waals surface area contributed by atoms with Gasteiger partial charge in [-0.1, -0.05) is 19.4 Å². The highest BCUT2D eigenvalue weighted by Crippen LogP contribution is 2.22. The molecule has 0 saturated heterocycles. The number of thiophene rings is 1. The van der Waals surface area contributed by atoms with Crippen molar-refractivity contribution < 1.29 is 9.47 Å². The van der Waals surface area contributed by atoms with Crippen molar-refractivity contribution in [2.45, 2.75) is 25.8 Å². The summed E-state index contributed by atoms with van der Waals surface area (Å²) in [5, 5.41) is 8.78. The van der Waals surface area contributed by atoms with E-state index in [1.54, 1.807) is 18.4 Å². The Morgan fingerprint density at radius 2 is 1.96 bits per heavy atom. The lowest BCUT2D eigenvalue weighted by molar-refractivity contribution is 0.0487. The van der Waals surface area contributed by atoms with Crippen molar-refractivity contribution in [3.63, 3.8) is 0 Å². The zero-order chi connectivity index (χ0) is 18.3. The summed E-state index contributed by atoms with van der Waals surface area (Å²) in [4.78, 5) is 7.83. The number of unbranched alkanes of at least 4 members (excludes halogenated alkanes) is 1. The molecule has 1 aromatic heterocycles. The Morgan fingerprint density at radius 3 is 2.56 bits per heavy atom. The first-order valence-corrected chi connectivity index (χ1v) is 9.86. The number of nitrogens with one attached hydrogen (secondary N) is 2. The lowest BCUT2D eigenvalue weighted by atomic mass is 10.2. The summed E-state index contributed by atoms with van der Waals surface area (Å²) < 4.78 is 11.0. The van der Waals surface area contributed by atoms with Crippen molar-refractivity contribution in [3.8, 4) is 0 Å². The maximum atomic E-state index is 5.55. The fourth-order valence-corrected chi connectivity index (χ4v) is 3.17. The minimum absolute atomic E-state index is 0.329. The molecule has 0 bridgehead atoms. The third-order valence-electron chi connectivity index (χ3n) is 3.73. The molecule has 1 heterocycles. The third-order valence-corrected chi connectivity index (χ3v) is 4.71. The highest BCUT2D eigenvalue weighted by molar-refractivity contribution is 7.10. The van der Waals surface area contributed by atoms with Crippen LogP contribution in [0.4, 0.5) is 0 Å². The quantitative estimate of drug-likeness (QED) is 0.317. The Morgan fingerprint density at radius 1 is 1.20 bits per heavy atom. The van der Waals surface area contributed by atoms with Gasteiger partial charge in [0.05, 0.1) is 25.9 Å². The minimum atomic E-state index is 0.329. The molecular weight excluding hydrogens is 336 g/mol. The van der Waals surface area contributed by atoms with Crippen LogP contribution < -0.4 is 10.6 Å². The summed E-state index contributed by atoms with van der Waals surface area (Å²) in [6.45, 7) is 6.45.